The van der Waals surface area contributed by atoms with Gasteiger partial charge in [0.2, 0.25) is 5.91 Å². The van der Waals surface area contributed by atoms with Gasteiger partial charge in [-0.05, 0) is 31.0 Å². The third-order valence-electron chi connectivity index (χ3n) is 4.41. The van der Waals surface area contributed by atoms with Crippen molar-refractivity contribution >= 4 is 17.7 Å². The molecule has 7 nitrogen and oxygen atoms in total. The smallest absolute Gasteiger partial charge is 0.262 e. The minimum Gasteiger partial charge on any atom is -0.350 e. The molecule has 2 atom stereocenters. The summed E-state index contributed by atoms with van der Waals surface area (Å²) >= 11 is 0. The molecular weight excluding hydrogens is 332 g/mol. The van der Waals surface area contributed by atoms with Crippen molar-refractivity contribution in [1.29, 1.82) is 0 Å². The summed E-state index contributed by atoms with van der Waals surface area (Å²) in [7, 11) is 0. The minimum absolute atomic E-state index is 0.196. The first-order valence-electron chi connectivity index (χ1n) is 8.65. The molecule has 26 heavy (non-hydrogen) atoms. The third kappa shape index (κ3) is 3.24. The summed E-state index contributed by atoms with van der Waals surface area (Å²) in [4.78, 5) is 39.4. The molecule has 0 saturated heterocycles. The molecule has 1 aliphatic rings. The number of imide groups is 1. The third-order valence-corrected chi connectivity index (χ3v) is 4.41. The largest absolute Gasteiger partial charge is 0.350 e. The number of nitrogens with one attached hydrogen (secondary N) is 1. The van der Waals surface area contributed by atoms with Crippen molar-refractivity contribution in [3.05, 3.63) is 53.9 Å². The van der Waals surface area contributed by atoms with Crippen LogP contribution >= 0.6 is 0 Å². The average Bonchev–Trinajstić information content (AvgIpc) is 3.17. The zero-order valence-corrected chi connectivity index (χ0v) is 15.0. The molecule has 0 radical (unpaired) electrons. The van der Waals surface area contributed by atoms with Crippen LogP contribution in [0.3, 0.4) is 0 Å². The van der Waals surface area contributed by atoms with Crippen LogP contribution in [0, 0.1) is 5.92 Å². The standard InChI is InChI=1S/C19H22N4O3/c1-12(2)16(17(24)21-13(3)11-22-10-6-9-20-22)23-18(25)14-7-4-5-8-15(14)19(23)26/h4-10,12-13,16H,11H2,1-3H3,(H,21,24)/t13-,16-/m0/s1. The Morgan fingerprint density at radius 2 is 1.69 bits per heavy atom. The summed E-state index contributed by atoms with van der Waals surface area (Å²) in [6.45, 7) is 6.02. The Morgan fingerprint density at radius 3 is 2.19 bits per heavy atom. The number of fused-ring (bicyclic) bond motifs is 1. The van der Waals surface area contributed by atoms with Gasteiger partial charge in [-0.1, -0.05) is 26.0 Å². The molecule has 3 rings (SSSR count). The van der Waals surface area contributed by atoms with Crippen LogP contribution in [0.5, 0.6) is 0 Å². The van der Waals surface area contributed by atoms with Gasteiger partial charge in [0.25, 0.3) is 11.8 Å². The number of hydrogen-bond donors (Lipinski definition) is 1. The Kier molecular flexibility index (Phi) is 4.88. The first kappa shape index (κ1) is 17.8. The van der Waals surface area contributed by atoms with Gasteiger partial charge in [-0.2, -0.15) is 5.10 Å². The Balaban J connectivity index is 1.78. The zero-order chi connectivity index (χ0) is 18.8. The fourth-order valence-corrected chi connectivity index (χ4v) is 3.24. The van der Waals surface area contributed by atoms with Gasteiger partial charge in [0.1, 0.15) is 6.04 Å². The van der Waals surface area contributed by atoms with Crippen molar-refractivity contribution < 1.29 is 14.4 Å². The number of amides is 3. The van der Waals surface area contributed by atoms with E-state index in [-0.39, 0.29) is 17.9 Å². The lowest BCUT2D eigenvalue weighted by Crippen LogP contribution is -2.54. The van der Waals surface area contributed by atoms with Crippen molar-refractivity contribution in [2.45, 2.75) is 39.4 Å². The lowest BCUT2D eigenvalue weighted by Gasteiger charge is -2.29. The van der Waals surface area contributed by atoms with Gasteiger partial charge < -0.3 is 5.32 Å². The van der Waals surface area contributed by atoms with Gasteiger partial charge in [0.05, 0.1) is 17.7 Å². The van der Waals surface area contributed by atoms with E-state index >= 15 is 0 Å². The van der Waals surface area contributed by atoms with E-state index in [2.05, 4.69) is 10.4 Å². The van der Waals surface area contributed by atoms with Crippen molar-refractivity contribution in [3.8, 4) is 0 Å². The van der Waals surface area contributed by atoms with Crippen LogP contribution in [-0.4, -0.2) is 44.5 Å². The first-order valence-corrected chi connectivity index (χ1v) is 8.65. The summed E-state index contributed by atoms with van der Waals surface area (Å²) in [6.07, 6.45) is 3.48. The summed E-state index contributed by atoms with van der Waals surface area (Å²) in [5.41, 5.74) is 0.695. The summed E-state index contributed by atoms with van der Waals surface area (Å²) < 4.78 is 1.72. The summed E-state index contributed by atoms with van der Waals surface area (Å²) in [5.74, 6) is -1.39. The second-order valence-electron chi connectivity index (χ2n) is 6.85. The van der Waals surface area contributed by atoms with Crippen molar-refractivity contribution in [3.63, 3.8) is 0 Å². The fourth-order valence-electron chi connectivity index (χ4n) is 3.24. The summed E-state index contributed by atoms with van der Waals surface area (Å²) in [6, 6.07) is 7.41. The molecule has 1 aromatic carbocycles. The number of carbonyl (C=O) groups is 3. The Morgan fingerprint density at radius 1 is 1.08 bits per heavy atom. The van der Waals surface area contributed by atoms with Crippen LogP contribution in [0.2, 0.25) is 0 Å². The molecule has 0 saturated carbocycles. The van der Waals surface area contributed by atoms with Gasteiger partial charge in [-0.15, -0.1) is 0 Å². The quantitative estimate of drug-likeness (QED) is 0.801. The lowest BCUT2D eigenvalue weighted by molar-refractivity contribution is -0.127. The first-order chi connectivity index (χ1) is 12.4. The molecule has 1 aliphatic heterocycles. The lowest BCUT2D eigenvalue weighted by atomic mass is 10.0. The van der Waals surface area contributed by atoms with Gasteiger partial charge in [-0.3, -0.25) is 24.0 Å². The van der Waals surface area contributed by atoms with Gasteiger partial charge >= 0.3 is 0 Å². The zero-order valence-electron chi connectivity index (χ0n) is 15.0. The van der Waals surface area contributed by atoms with Crippen molar-refractivity contribution in [2.75, 3.05) is 0 Å². The molecule has 1 N–H and O–H groups in total. The van der Waals surface area contributed by atoms with Crippen LogP contribution < -0.4 is 5.32 Å². The molecular formula is C19H22N4O3. The normalized spacial score (nSPS) is 15.9. The number of benzene rings is 1. The number of hydrogen-bond acceptors (Lipinski definition) is 4. The molecule has 0 fully saturated rings. The Bertz CT molecular complexity index is 794. The van der Waals surface area contributed by atoms with E-state index in [1.807, 2.05) is 33.0 Å². The van der Waals surface area contributed by atoms with E-state index < -0.39 is 17.9 Å². The Labute approximate surface area is 152 Å². The molecule has 7 heteroatoms. The Hall–Kier alpha value is -2.96. The van der Waals surface area contributed by atoms with Crippen LogP contribution in [-0.2, 0) is 11.3 Å². The highest BCUT2D eigenvalue weighted by Gasteiger charge is 2.44. The molecule has 0 spiro atoms. The highest BCUT2D eigenvalue weighted by molar-refractivity contribution is 6.22. The van der Waals surface area contributed by atoms with Crippen LogP contribution in [0.4, 0.5) is 0 Å². The van der Waals surface area contributed by atoms with Gasteiger partial charge in [0.15, 0.2) is 0 Å². The van der Waals surface area contributed by atoms with E-state index in [1.165, 1.54) is 0 Å². The predicted octanol–water partition coefficient (Wildman–Crippen LogP) is 1.71. The minimum atomic E-state index is -0.859. The molecule has 136 valence electrons. The number of carbonyl (C=O) groups excluding carboxylic acids is 3. The SMILES string of the molecule is CC(C)[C@@H](C(=O)N[C@@H](C)Cn1cccn1)N1C(=O)c2ccccc2C1=O. The van der Waals surface area contributed by atoms with Crippen molar-refractivity contribution in [2.24, 2.45) is 5.92 Å². The van der Waals surface area contributed by atoms with E-state index in [0.29, 0.717) is 17.7 Å². The number of aromatic nitrogens is 2. The highest BCUT2D eigenvalue weighted by Crippen LogP contribution is 2.27. The second kappa shape index (κ2) is 7.11. The van der Waals surface area contributed by atoms with Gasteiger partial charge in [-0.25, -0.2) is 0 Å². The second-order valence-corrected chi connectivity index (χ2v) is 6.85. The van der Waals surface area contributed by atoms with E-state index in [9.17, 15) is 14.4 Å². The number of rotatable bonds is 6. The van der Waals surface area contributed by atoms with E-state index in [4.69, 9.17) is 0 Å². The van der Waals surface area contributed by atoms with E-state index in [0.717, 1.165) is 4.90 Å². The molecule has 0 unspecified atom stereocenters. The summed E-state index contributed by atoms with van der Waals surface area (Å²) in [5, 5.41) is 7.02. The molecule has 2 aromatic rings. The maximum absolute atomic E-state index is 12.9. The monoisotopic (exact) mass is 354 g/mol. The maximum atomic E-state index is 12.9. The van der Waals surface area contributed by atoms with E-state index in [1.54, 1.807) is 35.1 Å². The molecule has 0 bridgehead atoms. The van der Waals surface area contributed by atoms with Crippen molar-refractivity contribution in [1.82, 2.24) is 20.0 Å². The van der Waals surface area contributed by atoms with Crippen LogP contribution in [0.15, 0.2) is 42.7 Å². The number of nitrogens with zero attached hydrogens (tertiary/aromatic N) is 3. The van der Waals surface area contributed by atoms with Gasteiger partial charge in [0, 0.05) is 18.4 Å². The van der Waals surface area contributed by atoms with Crippen LogP contribution in [0.1, 0.15) is 41.5 Å². The average molecular weight is 354 g/mol. The predicted molar refractivity (Wildman–Crippen MR) is 95.4 cm³/mol. The van der Waals surface area contributed by atoms with Crippen LogP contribution in [0.25, 0.3) is 0 Å². The molecule has 0 aliphatic carbocycles. The molecule has 2 heterocycles. The highest BCUT2D eigenvalue weighted by atomic mass is 16.2. The molecule has 3 amide bonds. The maximum Gasteiger partial charge on any atom is 0.262 e. The fraction of sp³-hybridized carbons (Fsp3) is 0.368. The molecule has 1 aromatic heterocycles. The topological polar surface area (TPSA) is 84.3 Å².